The Labute approximate surface area is 130 Å². The summed E-state index contributed by atoms with van der Waals surface area (Å²) in [6.07, 6.45) is 2.64. The van der Waals surface area contributed by atoms with Gasteiger partial charge in [-0.3, -0.25) is 9.69 Å². The molecule has 1 aromatic carbocycles. The molecule has 0 aromatic heterocycles. The molecule has 0 aliphatic carbocycles. The molecule has 4 nitrogen and oxygen atoms in total. The van der Waals surface area contributed by atoms with E-state index in [1.54, 1.807) is 0 Å². The lowest BCUT2D eigenvalue weighted by Crippen LogP contribution is -2.46. The maximum absolute atomic E-state index is 12.1. The minimum absolute atomic E-state index is 0.0620. The summed E-state index contributed by atoms with van der Waals surface area (Å²) in [7, 11) is 0. The van der Waals surface area contributed by atoms with E-state index in [-0.39, 0.29) is 11.9 Å². The van der Waals surface area contributed by atoms with Gasteiger partial charge >= 0.3 is 0 Å². The van der Waals surface area contributed by atoms with E-state index in [4.69, 9.17) is 0 Å². The molecule has 5 heteroatoms. The predicted molar refractivity (Wildman–Crippen MR) is 88.7 cm³/mol. The molecule has 21 heavy (non-hydrogen) atoms. The van der Waals surface area contributed by atoms with E-state index in [1.807, 2.05) is 23.9 Å². The number of carbonyl (C=O) groups excluding carboxylic acids is 1. The van der Waals surface area contributed by atoms with Crippen molar-refractivity contribution in [1.82, 2.24) is 10.2 Å². The lowest BCUT2D eigenvalue weighted by atomic mass is 10.2. The van der Waals surface area contributed by atoms with Crippen LogP contribution in [-0.4, -0.2) is 48.0 Å². The molecule has 0 bridgehead atoms. The normalized spacial score (nSPS) is 23.1. The van der Waals surface area contributed by atoms with Crippen LogP contribution in [0.1, 0.15) is 18.4 Å². The van der Waals surface area contributed by atoms with Crippen LogP contribution in [0.25, 0.3) is 0 Å². The molecule has 0 spiro atoms. The van der Waals surface area contributed by atoms with Crippen LogP contribution in [0.4, 0.5) is 5.69 Å². The van der Waals surface area contributed by atoms with Crippen LogP contribution in [0.5, 0.6) is 0 Å². The number of carbonyl (C=O) groups is 1. The van der Waals surface area contributed by atoms with Crippen LogP contribution in [0.2, 0.25) is 0 Å². The summed E-state index contributed by atoms with van der Waals surface area (Å²) >= 11 is 1.83. The van der Waals surface area contributed by atoms with E-state index in [2.05, 4.69) is 27.7 Å². The minimum Gasteiger partial charge on any atom is -0.325 e. The van der Waals surface area contributed by atoms with Crippen LogP contribution in [0, 0.1) is 0 Å². The number of nitrogens with zero attached hydrogens (tertiary/aromatic N) is 1. The van der Waals surface area contributed by atoms with E-state index in [0.29, 0.717) is 0 Å². The van der Waals surface area contributed by atoms with E-state index < -0.39 is 0 Å². The van der Waals surface area contributed by atoms with E-state index in [0.717, 1.165) is 30.3 Å². The van der Waals surface area contributed by atoms with Crippen molar-refractivity contribution in [2.75, 3.05) is 36.5 Å². The Morgan fingerprint density at radius 3 is 2.71 bits per heavy atom. The van der Waals surface area contributed by atoms with E-state index >= 15 is 0 Å². The third-order valence-corrected chi connectivity index (χ3v) is 5.13. The Morgan fingerprint density at radius 2 is 2.05 bits per heavy atom. The third kappa shape index (κ3) is 4.22. The molecule has 0 saturated carbocycles. The highest BCUT2D eigenvalue weighted by molar-refractivity contribution is 7.99. The zero-order chi connectivity index (χ0) is 14.5. The van der Waals surface area contributed by atoms with Crippen LogP contribution < -0.4 is 10.6 Å². The van der Waals surface area contributed by atoms with Gasteiger partial charge in [0.05, 0.1) is 6.04 Å². The predicted octanol–water partition coefficient (Wildman–Crippen LogP) is 1.93. The topological polar surface area (TPSA) is 44.4 Å². The molecule has 2 fully saturated rings. The lowest BCUT2D eigenvalue weighted by Gasteiger charge is -2.22. The molecule has 0 radical (unpaired) electrons. The van der Waals surface area contributed by atoms with Gasteiger partial charge < -0.3 is 10.6 Å². The number of anilines is 1. The summed E-state index contributed by atoms with van der Waals surface area (Å²) in [5.41, 5.74) is 2.21. The van der Waals surface area contributed by atoms with Gasteiger partial charge in [0.25, 0.3) is 0 Å². The standard InChI is InChI=1S/C16H23N3OS/c20-16(15-12-21-10-7-17-15)18-14-5-3-13(4-6-14)11-19-8-1-2-9-19/h3-6,15,17H,1-2,7-12H2,(H,18,20). The van der Waals surface area contributed by atoms with Crippen molar-refractivity contribution in [2.45, 2.75) is 25.4 Å². The van der Waals surface area contributed by atoms with Gasteiger partial charge in [-0.2, -0.15) is 11.8 Å². The molecule has 1 amide bonds. The number of amides is 1. The zero-order valence-electron chi connectivity index (χ0n) is 12.3. The average molecular weight is 305 g/mol. The highest BCUT2D eigenvalue weighted by atomic mass is 32.2. The largest absolute Gasteiger partial charge is 0.325 e. The summed E-state index contributed by atoms with van der Waals surface area (Å²) in [6.45, 7) is 4.36. The van der Waals surface area contributed by atoms with Gasteiger partial charge in [-0.15, -0.1) is 0 Å². The highest BCUT2D eigenvalue weighted by Crippen LogP contribution is 2.16. The molecule has 2 aliphatic rings. The number of hydrogen-bond donors (Lipinski definition) is 2. The quantitative estimate of drug-likeness (QED) is 0.892. The number of thioether (sulfide) groups is 1. The van der Waals surface area contributed by atoms with Gasteiger partial charge in [-0.05, 0) is 43.6 Å². The summed E-state index contributed by atoms with van der Waals surface area (Å²) in [5, 5.41) is 6.26. The molecule has 2 N–H and O–H groups in total. The number of likely N-dealkylation sites (tertiary alicyclic amines) is 1. The second kappa shape index (κ2) is 7.29. The zero-order valence-corrected chi connectivity index (χ0v) is 13.1. The minimum atomic E-state index is -0.0620. The van der Waals surface area contributed by atoms with Gasteiger partial charge in [0.1, 0.15) is 0 Å². The highest BCUT2D eigenvalue weighted by Gasteiger charge is 2.20. The molecular weight excluding hydrogens is 282 g/mol. The summed E-state index contributed by atoms with van der Waals surface area (Å²) in [5.74, 6) is 2.03. The van der Waals surface area contributed by atoms with E-state index in [1.165, 1.54) is 31.5 Å². The van der Waals surface area contributed by atoms with Gasteiger partial charge in [0, 0.05) is 30.3 Å². The average Bonchev–Trinajstić information content (AvgIpc) is 3.03. The molecular formula is C16H23N3OS. The molecule has 1 unspecified atom stereocenters. The maximum atomic E-state index is 12.1. The van der Waals surface area contributed by atoms with Crippen molar-refractivity contribution < 1.29 is 4.79 Å². The number of benzene rings is 1. The number of nitrogens with one attached hydrogen (secondary N) is 2. The Morgan fingerprint density at radius 1 is 1.29 bits per heavy atom. The van der Waals surface area contributed by atoms with Gasteiger partial charge in [-0.25, -0.2) is 0 Å². The molecule has 1 aromatic rings. The number of rotatable bonds is 4. The SMILES string of the molecule is O=C(Nc1ccc(CN2CCCC2)cc1)C1CSCCN1. The van der Waals surface area contributed by atoms with Crippen LogP contribution in [0.3, 0.4) is 0 Å². The second-order valence-corrected chi connectivity index (χ2v) is 6.90. The molecule has 1 atom stereocenters. The Hall–Kier alpha value is -1.04. The first-order chi connectivity index (χ1) is 10.3. The summed E-state index contributed by atoms with van der Waals surface area (Å²) in [6, 6.07) is 8.21. The van der Waals surface area contributed by atoms with Crippen molar-refractivity contribution in [1.29, 1.82) is 0 Å². The first-order valence-corrected chi connectivity index (χ1v) is 8.90. The van der Waals surface area contributed by atoms with Crippen molar-refractivity contribution >= 4 is 23.4 Å². The fourth-order valence-corrected chi connectivity index (χ4v) is 3.79. The van der Waals surface area contributed by atoms with Crippen molar-refractivity contribution in [3.63, 3.8) is 0 Å². The molecule has 2 heterocycles. The Balaban J connectivity index is 1.52. The monoisotopic (exact) mass is 305 g/mol. The van der Waals surface area contributed by atoms with Gasteiger partial charge in [0.2, 0.25) is 5.91 Å². The number of hydrogen-bond acceptors (Lipinski definition) is 4. The van der Waals surface area contributed by atoms with Gasteiger partial charge in [0.15, 0.2) is 0 Å². The third-order valence-electron chi connectivity index (χ3n) is 4.06. The van der Waals surface area contributed by atoms with Crippen LogP contribution >= 0.6 is 11.8 Å². The second-order valence-electron chi connectivity index (χ2n) is 5.75. The molecule has 114 valence electrons. The summed E-state index contributed by atoms with van der Waals surface area (Å²) < 4.78 is 0. The van der Waals surface area contributed by atoms with Crippen molar-refractivity contribution in [3.05, 3.63) is 29.8 Å². The van der Waals surface area contributed by atoms with Crippen LogP contribution in [0.15, 0.2) is 24.3 Å². The molecule has 2 aliphatic heterocycles. The summed E-state index contributed by atoms with van der Waals surface area (Å²) in [4.78, 5) is 14.6. The van der Waals surface area contributed by atoms with Crippen LogP contribution in [-0.2, 0) is 11.3 Å². The smallest absolute Gasteiger partial charge is 0.242 e. The fourth-order valence-electron chi connectivity index (χ4n) is 2.86. The lowest BCUT2D eigenvalue weighted by molar-refractivity contribution is -0.117. The maximum Gasteiger partial charge on any atom is 0.242 e. The molecule has 2 saturated heterocycles. The first-order valence-electron chi connectivity index (χ1n) is 7.74. The van der Waals surface area contributed by atoms with Crippen molar-refractivity contribution in [3.8, 4) is 0 Å². The van der Waals surface area contributed by atoms with Gasteiger partial charge in [-0.1, -0.05) is 12.1 Å². The Kier molecular flexibility index (Phi) is 5.17. The Bertz CT molecular complexity index is 465. The van der Waals surface area contributed by atoms with E-state index in [9.17, 15) is 4.79 Å². The molecule has 3 rings (SSSR count). The van der Waals surface area contributed by atoms with Crippen molar-refractivity contribution in [2.24, 2.45) is 0 Å². The fraction of sp³-hybridized carbons (Fsp3) is 0.562. The first kappa shape index (κ1) is 14.9.